The first kappa shape index (κ1) is 21.6. The van der Waals surface area contributed by atoms with Crippen molar-refractivity contribution in [3.8, 4) is 11.5 Å². The van der Waals surface area contributed by atoms with Gasteiger partial charge in [0.15, 0.2) is 11.5 Å². The van der Waals surface area contributed by atoms with Crippen molar-refractivity contribution in [2.45, 2.75) is 44.2 Å². The van der Waals surface area contributed by atoms with Crippen LogP contribution in [-0.2, 0) is 6.61 Å². The third kappa shape index (κ3) is 5.49. The Morgan fingerprint density at radius 2 is 1.76 bits per heavy atom. The molecule has 4 nitrogen and oxygen atoms in total. The molecule has 1 fully saturated rings. The summed E-state index contributed by atoms with van der Waals surface area (Å²) in [5.74, 6) is 1.42. The summed E-state index contributed by atoms with van der Waals surface area (Å²) in [6, 6.07) is 16.0. The Labute approximate surface area is 180 Å². The molecule has 0 aromatic heterocycles. The van der Waals surface area contributed by atoms with Gasteiger partial charge in [-0.15, -0.1) is 0 Å². The highest BCUT2D eigenvalue weighted by atomic mass is 32.1. The maximum absolute atomic E-state index is 5.96. The summed E-state index contributed by atoms with van der Waals surface area (Å²) >= 11 is 5.69. The molecule has 3 rings (SSSR count). The van der Waals surface area contributed by atoms with E-state index in [4.69, 9.17) is 21.7 Å². The topological polar surface area (TPSA) is 33.7 Å². The number of thiocarbonyl (C=S) groups is 1. The van der Waals surface area contributed by atoms with Crippen LogP contribution in [0.3, 0.4) is 0 Å². The summed E-state index contributed by atoms with van der Waals surface area (Å²) < 4.78 is 11.5. The Bertz CT molecular complexity index is 802. The second-order valence-corrected chi connectivity index (χ2v) is 8.41. The van der Waals surface area contributed by atoms with Gasteiger partial charge in [-0.1, -0.05) is 61.8 Å². The summed E-state index contributed by atoms with van der Waals surface area (Å²) in [6.07, 6.45) is 6.33. The smallest absolute Gasteiger partial charge is 0.161 e. The highest BCUT2D eigenvalue weighted by Crippen LogP contribution is 2.32. The number of hydrogen-bond acceptors (Lipinski definition) is 4. The molecular formula is C24H32N2O2S. The molecule has 0 spiro atoms. The number of ether oxygens (including phenoxy) is 2. The molecule has 2 aromatic carbocycles. The normalized spacial score (nSPS) is 15.7. The van der Waals surface area contributed by atoms with Gasteiger partial charge in [0.05, 0.1) is 7.11 Å². The zero-order valence-corrected chi connectivity index (χ0v) is 18.6. The number of nitrogens with one attached hydrogen (secondary N) is 1. The van der Waals surface area contributed by atoms with Crippen molar-refractivity contribution in [3.63, 3.8) is 0 Å². The number of hydrogen-bond donors (Lipinski definition) is 1. The molecule has 5 heteroatoms. The lowest BCUT2D eigenvalue weighted by Gasteiger charge is -2.43. The average molecular weight is 413 g/mol. The van der Waals surface area contributed by atoms with Crippen molar-refractivity contribution < 1.29 is 9.47 Å². The van der Waals surface area contributed by atoms with Gasteiger partial charge in [0, 0.05) is 17.6 Å². The molecule has 0 unspecified atom stereocenters. The predicted molar refractivity (Wildman–Crippen MR) is 123 cm³/mol. The molecule has 2 aromatic rings. The fraction of sp³-hybridized carbons (Fsp3) is 0.458. The Morgan fingerprint density at radius 1 is 1.03 bits per heavy atom. The van der Waals surface area contributed by atoms with E-state index in [1.165, 1.54) is 32.1 Å². The van der Waals surface area contributed by atoms with Crippen LogP contribution in [0.5, 0.6) is 11.5 Å². The molecule has 0 radical (unpaired) electrons. The summed E-state index contributed by atoms with van der Waals surface area (Å²) in [6.45, 7) is 1.37. The average Bonchev–Trinajstić information content (AvgIpc) is 2.77. The molecule has 0 amide bonds. The van der Waals surface area contributed by atoms with Crippen molar-refractivity contribution in [1.29, 1.82) is 0 Å². The Balaban J connectivity index is 1.64. The van der Waals surface area contributed by atoms with Gasteiger partial charge in [-0.2, -0.15) is 0 Å². The molecule has 1 aliphatic carbocycles. The molecule has 0 saturated heterocycles. The van der Waals surface area contributed by atoms with E-state index in [0.717, 1.165) is 28.4 Å². The quantitative estimate of drug-likeness (QED) is 0.630. The van der Waals surface area contributed by atoms with E-state index in [9.17, 15) is 0 Å². The molecule has 29 heavy (non-hydrogen) atoms. The predicted octanol–water partition coefficient (Wildman–Crippen LogP) is 4.80. The van der Waals surface area contributed by atoms with Gasteiger partial charge in [-0.3, -0.25) is 0 Å². The maximum atomic E-state index is 5.96. The first-order chi connectivity index (χ1) is 14.0. The van der Waals surface area contributed by atoms with Crippen LogP contribution in [0.4, 0.5) is 0 Å². The van der Waals surface area contributed by atoms with E-state index in [1.54, 1.807) is 7.11 Å². The largest absolute Gasteiger partial charge is 0.493 e. The Morgan fingerprint density at radius 3 is 2.41 bits per heavy atom. The zero-order valence-electron chi connectivity index (χ0n) is 17.7. The minimum atomic E-state index is 0.186. The summed E-state index contributed by atoms with van der Waals surface area (Å²) in [4.78, 5) is 3.12. The first-order valence-corrected chi connectivity index (χ1v) is 10.8. The van der Waals surface area contributed by atoms with Gasteiger partial charge >= 0.3 is 0 Å². The third-order valence-corrected chi connectivity index (χ3v) is 6.35. The van der Waals surface area contributed by atoms with Crippen LogP contribution in [-0.4, -0.2) is 43.2 Å². The standard InChI is InChI=1S/C24H32N2O2S/c1-26(2)24(14-8-5-9-15-24)18-25-23(29)20-12-13-21(22(16-20)27-3)28-17-19-10-6-4-7-11-19/h4,6-7,10-13,16H,5,8-9,14-15,17-18H2,1-3H3,(H,25,29). The SMILES string of the molecule is COc1cc(C(=S)NCC2(N(C)C)CCCCC2)ccc1OCc1ccccc1. The molecule has 1 aliphatic rings. The van der Waals surface area contributed by atoms with Crippen LogP contribution in [0.2, 0.25) is 0 Å². The minimum Gasteiger partial charge on any atom is -0.493 e. The van der Waals surface area contributed by atoms with Gasteiger partial charge in [-0.25, -0.2) is 0 Å². The summed E-state index contributed by atoms with van der Waals surface area (Å²) in [7, 11) is 6.02. The van der Waals surface area contributed by atoms with E-state index in [0.29, 0.717) is 12.4 Å². The van der Waals surface area contributed by atoms with Crippen molar-refractivity contribution in [1.82, 2.24) is 10.2 Å². The van der Waals surface area contributed by atoms with Crippen LogP contribution in [0, 0.1) is 0 Å². The van der Waals surface area contributed by atoms with Crippen molar-refractivity contribution in [2.75, 3.05) is 27.7 Å². The van der Waals surface area contributed by atoms with Gasteiger partial charge in [0.2, 0.25) is 0 Å². The second kappa shape index (κ2) is 10.1. The number of likely N-dealkylation sites (N-methyl/N-ethyl adjacent to an activating group) is 1. The molecule has 0 bridgehead atoms. The lowest BCUT2D eigenvalue weighted by molar-refractivity contribution is 0.104. The minimum absolute atomic E-state index is 0.186. The summed E-state index contributed by atoms with van der Waals surface area (Å²) in [5, 5.41) is 3.51. The van der Waals surface area contributed by atoms with E-state index in [1.807, 2.05) is 48.5 Å². The monoisotopic (exact) mass is 412 g/mol. The van der Waals surface area contributed by atoms with Crippen LogP contribution in [0.25, 0.3) is 0 Å². The van der Waals surface area contributed by atoms with E-state index in [-0.39, 0.29) is 5.54 Å². The highest BCUT2D eigenvalue weighted by Gasteiger charge is 2.34. The summed E-state index contributed by atoms with van der Waals surface area (Å²) in [5.41, 5.74) is 2.26. The van der Waals surface area contributed by atoms with E-state index >= 15 is 0 Å². The molecular weight excluding hydrogens is 380 g/mol. The van der Waals surface area contributed by atoms with Crippen molar-refractivity contribution in [2.24, 2.45) is 0 Å². The Hall–Kier alpha value is -2.11. The fourth-order valence-electron chi connectivity index (χ4n) is 4.00. The molecule has 0 heterocycles. The van der Waals surface area contributed by atoms with Crippen LogP contribution < -0.4 is 14.8 Å². The van der Waals surface area contributed by atoms with Crippen LogP contribution in [0.15, 0.2) is 48.5 Å². The van der Waals surface area contributed by atoms with Crippen LogP contribution >= 0.6 is 12.2 Å². The number of nitrogens with zero attached hydrogens (tertiary/aromatic N) is 1. The number of benzene rings is 2. The van der Waals surface area contributed by atoms with Gasteiger partial charge in [0.25, 0.3) is 0 Å². The van der Waals surface area contributed by atoms with Crippen molar-refractivity contribution >= 4 is 17.2 Å². The molecule has 0 atom stereocenters. The van der Waals surface area contributed by atoms with E-state index in [2.05, 4.69) is 24.3 Å². The Kier molecular flexibility index (Phi) is 7.51. The molecule has 156 valence electrons. The highest BCUT2D eigenvalue weighted by molar-refractivity contribution is 7.80. The van der Waals surface area contributed by atoms with Crippen LogP contribution in [0.1, 0.15) is 43.2 Å². The first-order valence-electron chi connectivity index (χ1n) is 10.3. The third-order valence-electron chi connectivity index (χ3n) is 5.97. The molecule has 1 N–H and O–H groups in total. The number of methoxy groups -OCH3 is 1. The second-order valence-electron chi connectivity index (χ2n) is 8.00. The molecule has 0 aliphatic heterocycles. The lowest BCUT2D eigenvalue weighted by Crippen LogP contribution is -2.53. The van der Waals surface area contributed by atoms with Crippen molar-refractivity contribution in [3.05, 3.63) is 59.7 Å². The van der Waals surface area contributed by atoms with Gasteiger partial charge in [-0.05, 0) is 50.7 Å². The lowest BCUT2D eigenvalue weighted by atomic mass is 9.80. The number of rotatable bonds is 8. The molecule has 1 saturated carbocycles. The fourth-order valence-corrected chi connectivity index (χ4v) is 4.20. The van der Waals surface area contributed by atoms with E-state index < -0.39 is 0 Å². The van der Waals surface area contributed by atoms with Gasteiger partial charge in [0.1, 0.15) is 11.6 Å². The maximum Gasteiger partial charge on any atom is 0.161 e. The zero-order chi connectivity index (χ0) is 20.7. The van der Waals surface area contributed by atoms with Gasteiger partial charge < -0.3 is 19.7 Å².